The van der Waals surface area contributed by atoms with Crippen molar-refractivity contribution < 1.29 is 9.59 Å². The third kappa shape index (κ3) is 3.68. The summed E-state index contributed by atoms with van der Waals surface area (Å²) < 4.78 is 1.38. The molecular weight excluding hydrogens is 294 g/mol. The summed E-state index contributed by atoms with van der Waals surface area (Å²) in [7, 11) is 0. The summed E-state index contributed by atoms with van der Waals surface area (Å²) >= 11 is 0. The van der Waals surface area contributed by atoms with Gasteiger partial charge in [-0.15, -0.1) is 0 Å². The van der Waals surface area contributed by atoms with Crippen molar-refractivity contribution in [3.8, 4) is 0 Å². The Morgan fingerprint density at radius 2 is 2.17 bits per heavy atom. The summed E-state index contributed by atoms with van der Waals surface area (Å²) in [5.74, 6) is -0.483. The maximum Gasteiger partial charge on any atom is 0.319 e. The SMILES string of the molecule is NC(=O)Cn1cc(NC(=O)N[C@@H]2CCCc3ccccc32)cn1. The van der Waals surface area contributed by atoms with Crippen molar-refractivity contribution >= 4 is 17.6 Å². The molecule has 1 aromatic carbocycles. The van der Waals surface area contributed by atoms with Crippen molar-refractivity contribution in [1.82, 2.24) is 15.1 Å². The first-order valence-electron chi connectivity index (χ1n) is 7.58. The fourth-order valence-corrected chi connectivity index (χ4v) is 2.90. The van der Waals surface area contributed by atoms with Crippen LogP contribution in [0.5, 0.6) is 0 Å². The lowest BCUT2D eigenvalue weighted by molar-refractivity contribution is -0.118. The Kier molecular flexibility index (Phi) is 4.27. The Hall–Kier alpha value is -2.83. The van der Waals surface area contributed by atoms with Crippen molar-refractivity contribution in [1.29, 1.82) is 0 Å². The molecule has 3 rings (SSSR count). The molecule has 1 aliphatic rings. The zero-order valence-electron chi connectivity index (χ0n) is 12.7. The standard InChI is InChI=1S/C16H19N5O2/c17-15(22)10-21-9-12(8-18-21)19-16(23)20-14-7-3-5-11-4-1-2-6-13(11)14/h1-2,4,6,8-9,14H,3,5,7,10H2,(H2,17,22)(H2,19,20,23)/t14-/m1/s1. The number of nitrogens with one attached hydrogen (secondary N) is 2. The molecule has 7 nitrogen and oxygen atoms in total. The highest BCUT2D eigenvalue weighted by molar-refractivity contribution is 5.89. The van der Waals surface area contributed by atoms with E-state index in [4.69, 9.17) is 5.73 Å². The van der Waals surface area contributed by atoms with Crippen LogP contribution in [-0.2, 0) is 17.8 Å². The van der Waals surface area contributed by atoms with E-state index in [2.05, 4.69) is 27.9 Å². The van der Waals surface area contributed by atoms with Gasteiger partial charge in [0.2, 0.25) is 5.91 Å². The Morgan fingerprint density at radius 1 is 1.35 bits per heavy atom. The molecule has 0 saturated heterocycles. The smallest absolute Gasteiger partial charge is 0.319 e. The summed E-state index contributed by atoms with van der Waals surface area (Å²) in [6.45, 7) is -0.0146. The number of carbonyl (C=O) groups is 2. The first-order chi connectivity index (χ1) is 11.1. The van der Waals surface area contributed by atoms with Gasteiger partial charge < -0.3 is 16.4 Å². The molecule has 1 aromatic heterocycles. The molecule has 0 spiro atoms. The van der Waals surface area contributed by atoms with Gasteiger partial charge in [-0.25, -0.2) is 4.79 Å². The van der Waals surface area contributed by atoms with E-state index in [1.807, 2.05) is 12.1 Å². The molecule has 23 heavy (non-hydrogen) atoms. The van der Waals surface area contributed by atoms with Gasteiger partial charge >= 0.3 is 6.03 Å². The number of hydrogen-bond acceptors (Lipinski definition) is 3. The van der Waals surface area contributed by atoms with E-state index >= 15 is 0 Å². The van der Waals surface area contributed by atoms with Crippen LogP contribution in [0.2, 0.25) is 0 Å². The zero-order valence-corrected chi connectivity index (χ0v) is 12.7. The number of rotatable bonds is 4. The molecule has 4 N–H and O–H groups in total. The minimum atomic E-state index is -0.483. The third-order valence-corrected chi connectivity index (χ3v) is 3.88. The average molecular weight is 313 g/mol. The van der Waals surface area contributed by atoms with E-state index in [0.29, 0.717) is 5.69 Å². The molecule has 3 amide bonds. The fourth-order valence-electron chi connectivity index (χ4n) is 2.90. The van der Waals surface area contributed by atoms with Crippen LogP contribution < -0.4 is 16.4 Å². The normalized spacial score (nSPS) is 16.4. The van der Waals surface area contributed by atoms with Crippen molar-refractivity contribution in [3.05, 3.63) is 47.8 Å². The van der Waals surface area contributed by atoms with Gasteiger partial charge in [0.25, 0.3) is 0 Å². The van der Waals surface area contributed by atoms with Gasteiger partial charge in [-0.2, -0.15) is 5.10 Å². The second-order valence-electron chi connectivity index (χ2n) is 5.63. The van der Waals surface area contributed by atoms with Gasteiger partial charge in [0.05, 0.1) is 17.9 Å². The minimum Gasteiger partial charge on any atom is -0.368 e. The Balaban J connectivity index is 1.62. The second kappa shape index (κ2) is 6.51. The number of urea groups is 1. The number of nitrogens with two attached hydrogens (primary N) is 1. The number of primary amides is 1. The van der Waals surface area contributed by atoms with Crippen LogP contribution in [0.3, 0.4) is 0 Å². The Morgan fingerprint density at radius 3 is 3.00 bits per heavy atom. The number of aromatic nitrogens is 2. The quantitative estimate of drug-likeness (QED) is 0.798. The number of fused-ring (bicyclic) bond motifs is 1. The van der Waals surface area contributed by atoms with Gasteiger partial charge in [-0.1, -0.05) is 24.3 Å². The molecule has 1 aliphatic carbocycles. The minimum absolute atomic E-state index is 0.0145. The monoisotopic (exact) mass is 313 g/mol. The maximum atomic E-state index is 12.2. The predicted octanol–water partition coefficient (Wildman–Crippen LogP) is 1.57. The number of anilines is 1. The van der Waals surface area contributed by atoms with E-state index < -0.39 is 5.91 Å². The molecule has 0 aliphatic heterocycles. The van der Waals surface area contributed by atoms with Crippen LogP contribution in [0.25, 0.3) is 0 Å². The van der Waals surface area contributed by atoms with Gasteiger partial charge in [0.1, 0.15) is 6.54 Å². The van der Waals surface area contributed by atoms with Crippen LogP contribution in [0.15, 0.2) is 36.7 Å². The van der Waals surface area contributed by atoms with Crippen LogP contribution in [0.1, 0.15) is 30.0 Å². The van der Waals surface area contributed by atoms with E-state index in [1.54, 1.807) is 6.20 Å². The van der Waals surface area contributed by atoms with Gasteiger partial charge in [-0.05, 0) is 30.4 Å². The van der Waals surface area contributed by atoms with E-state index in [1.165, 1.54) is 22.0 Å². The lowest BCUT2D eigenvalue weighted by Crippen LogP contribution is -2.34. The van der Waals surface area contributed by atoms with Crippen LogP contribution in [0.4, 0.5) is 10.5 Å². The Bertz CT molecular complexity index is 725. The predicted molar refractivity (Wildman–Crippen MR) is 85.7 cm³/mol. The average Bonchev–Trinajstić information content (AvgIpc) is 2.93. The molecule has 2 aromatic rings. The van der Waals surface area contributed by atoms with Gasteiger partial charge in [0.15, 0.2) is 0 Å². The number of nitrogens with zero attached hydrogens (tertiary/aromatic N) is 2. The highest BCUT2D eigenvalue weighted by atomic mass is 16.2. The summed E-state index contributed by atoms with van der Waals surface area (Å²) in [6.07, 6.45) is 6.08. The molecule has 1 atom stereocenters. The summed E-state index contributed by atoms with van der Waals surface area (Å²) in [5, 5.41) is 9.69. The summed E-state index contributed by atoms with van der Waals surface area (Å²) in [6, 6.07) is 7.91. The first kappa shape index (κ1) is 15.1. The van der Waals surface area contributed by atoms with Crippen molar-refractivity contribution in [2.75, 3.05) is 5.32 Å². The number of hydrogen-bond donors (Lipinski definition) is 3. The molecule has 0 unspecified atom stereocenters. The molecule has 0 saturated carbocycles. The zero-order chi connectivity index (χ0) is 16.2. The first-order valence-corrected chi connectivity index (χ1v) is 7.58. The van der Waals surface area contributed by atoms with Crippen molar-refractivity contribution in [2.45, 2.75) is 31.8 Å². The molecule has 0 fully saturated rings. The number of aryl methyl sites for hydroxylation is 1. The lowest BCUT2D eigenvalue weighted by atomic mass is 9.88. The van der Waals surface area contributed by atoms with Gasteiger partial charge in [-0.3, -0.25) is 9.48 Å². The second-order valence-corrected chi connectivity index (χ2v) is 5.63. The third-order valence-electron chi connectivity index (χ3n) is 3.88. The molecular formula is C16H19N5O2. The molecule has 7 heteroatoms. The number of amides is 3. The molecule has 1 heterocycles. The van der Waals surface area contributed by atoms with Crippen LogP contribution >= 0.6 is 0 Å². The molecule has 120 valence electrons. The molecule has 0 bridgehead atoms. The fraction of sp³-hybridized carbons (Fsp3) is 0.312. The van der Waals surface area contributed by atoms with E-state index in [-0.39, 0.29) is 18.6 Å². The van der Waals surface area contributed by atoms with Crippen LogP contribution in [-0.4, -0.2) is 21.7 Å². The van der Waals surface area contributed by atoms with Gasteiger partial charge in [0, 0.05) is 6.20 Å². The van der Waals surface area contributed by atoms with Crippen molar-refractivity contribution in [3.63, 3.8) is 0 Å². The van der Waals surface area contributed by atoms with E-state index in [9.17, 15) is 9.59 Å². The Labute approximate surface area is 133 Å². The lowest BCUT2D eigenvalue weighted by Gasteiger charge is -2.26. The largest absolute Gasteiger partial charge is 0.368 e. The highest BCUT2D eigenvalue weighted by Crippen LogP contribution is 2.29. The van der Waals surface area contributed by atoms with E-state index in [0.717, 1.165) is 19.3 Å². The summed E-state index contributed by atoms with van der Waals surface area (Å²) in [4.78, 5) is 23.0. The molecule has 0 radical (unpaired) electrons. The topological polar surface area (TPSA) is 102 Å². The highest BCUT2D eigenvalue weighted by Gasteiger charge is 2.21. The maximum absolute atomic E-state index is 12.2. The van der Waals surface area contributed by atoms with Crippen molar-refractivity contribution in [2.24, 2.45) is 5.73 Å². The number of benzene rings is 1. The summed E-state index contributed by atoms with van der Waals surface area (Å²) in [5.41, 5.74) is 8.09. The van der Waals surface area contributed by atoms with Crippen LogP contribution in [0, 0.1) is 0 Å². The number of carbonyl (C=O) groups excluding carboxylic acids is 2.